The average Bonchev–Trinajstić information content (AvgIpc) is 3.08. The van der Waals surface area contributed by atoms with Crippen LogP contribution in [-0.2, 0) is 0 Å². The Balaban J connectivity index is 1.97. The quantitative estimate of drug-likeness (QED) is 0.484. The van der Waals surface area contributed by atoms with Gasteiger partial charge in [-0.1, -0.05) is 29.8 Å². The van der Waals surface area contributed by atoms with Crippen LogP contribution in [0.25, 0.3) is 27.1 Å². The zero-order valence-corrected chi connectivity index (χ0v) is 15.2. The summed E-state index contributed by atoms with van der Waals surface area (Å²) >= 11 is 8.09. The molecular formula is C18H17ClN4S. The maximum absolute atomic E-state index is 6.49. The lowest BCUT2D eigenvalue weighted by Gasteiger charge is -2.22. The van der Waals surface area contributed by atoms with Gasteiger partial charge in [-0.25, -0.2) is 9.97 Å². The number of nitrogens with one attached hydrogen (secondary N) is 1. The topological polar surface area (TPSA) is 42.2 Å². The minimum Gasteiger partial charge on any atom is -0.365 e. The third-order valence-electron chi connectivity index (χ3n) is 3.69. The first kappa shape index (κ1) is 15.4. The van der Waals surface area contributed by atoms with E-state index in [1.54, 1.807) is 11.3 Å². The molecular weight excluding hydrogens is 340 g/mol. The number of nitrogens with zero attached hydrogens (tertiary/aromatic N) is 3. The molecule has 6 heteroatoms. The molecule has 4 aromatic rings. The molecule has 1 aromatic carbocycles. The maximum Gasteiger partial charge on any atom is 0.195 e. The zero-order valence-electron chi connectivity index (χ0n) is 13.7. The molecule has 0 aliphatic carbocycles. The molecule has 0 atom stereocenters. The number of imidazole rings is 1. The van der Waals surface area contributed by atoms with E-state index >= 15 is 0 Å². The summed E-state index contributed by atoms with van der Waals surface area (Å²) in [5.74, 6) is 0.942. The third kappa shape index (κ3) is 2.64. The minimum absolute atomic E-state index is 0.0938. The molecule has 0 spiro atoms. The fraction of sp³-hybridized carbons (Fsp3) is 0.222. The molecule has 0 amide bonds. The molecule has 0 saturated heterocycles. The maximum atomic E-state index is 6.49. The Morgan fingerprint density at radius 3 is 2.75 bits per heavy atom. The molecule has 1 N–H and O–H groups in total. The molecule has 24 heavy (non-hydrogen) atoms. The van der Waals surface area contributed by atoms with Crippen molar-refractivity contribution in [1.29, 1.82) is 0 Å². The number of para-hydroxylation sites is 1. The molecule has 0 bridgehead atoms. The lowest BCUT2D eigenvalue weighted by molar-refractivity contribution is 0.630. The van der Waals surface area contributed by atoms with E-state index in [1.165, 1.54) is 0 Å². The van der Waals surface area contributed by atoms with Gasteiger partial charge in [-0.15, -0.1) is 11.3 Å². The van der Waals surface area contributed by atoms with Crippen LogP contribution in [0.2, 0.25) is 5.15 Å². The van der Waals surface area contributed by atoms with Crippen molar-refractivity contribution < 1.29 is 0 Å². The van der Waals surface area contributed by atoms with Gasteiger partial charge in [-0.05, 0) is 32.9 Å². The number of rotatable bonds is 2. The lowest BCUT2D eigenvalue weighted by Crippen LogP contribution is -2.27. The highest BCUT2D eigenvalue weighted by molar-refractivity contribution is 7.15. The molecule has 0 radical (unpaired) electrons. The Morgan fingerprint density at radius 1 is 1.17 bits per heavy atom. The Labute approximate surface area is 149 Å². The van der Waals surface area contributed by atoms with Crippen molar-refractivity contribution in [3.63, 3.8) is 0 Å². The van der Waals surface area contributed by atoms with E-state index in [1.807, 2.05) is 35.8 Å². The summed E-state index contributed by atoms with van der Waals surface area (Å²) < 4.78 is 2.07. The number of hydrogen-bond acceptors (Lipinski definition) is 4. The number of anilines is 1. The van der Waals surface area contributed by atoms with Crippen LogP contribution in [0.15, 0.2) is 41.9 Å². The average molecular weight is 357 g/mol. The summed E-state index contributed by atoms with van der Waals surface area (Å²) in [6, 6.07) is 10.0. The molecule has 0 saturated carbocycles. The van der Waals surface area contributed by atoms with E-state index in [0.717, 1.165) is 32.9 Å². The van der Waals surface area contributed by atoms with Crippen molar-refractivity contribution in [3.8, 4) is 11.3 Å². The SMILES string of the molecule is CC(C)(C)Nc1c(-c2cc3ccccc3nc2Cl)nc2sccn12. The smallest absolute Gasteiger partial charge is 0.195 e. The Kier molecular flexibility index (Phi) is 3.51. The van der Waals surface area contributed by atoms with E-state index in [-0.39, 0.29) is 5.54 Å². The van der Waals surface area contributed by atoms with Gasteiger partial charge in [0.05, 0.1) is 5.52 Å². The Bertz CT molecular complexity index is 1040. The standard InChI is InChI=1S/C18H17ClN4S/c1-18(2,3)22-16-14(21-17-23(16)8-9-24-17)12-10-11-6-4-5-7-13(11)20-15(12)19/h4-10,22H,1-3H3. The van der Waals surface area contributed by atoms with Crippen molar-refractivity contribution >= 4 is 44.6 Å². The number of fused-ring (bicyclic) bond motifs is 2. The molecule has 0 aliphatic heterocycles. The fourth-order valence-electron chi connectivity index (χ4n) is 2.71. The highest BCUT2D eigenvalue weighted by Crippen LogP contribution is 2.36. The normalized spacial score (nSPS) is 12.2. The minimum atomic E-state index is -0.0938. The van der Waals surface area contributed by atoms with Crippen LogP contribution in [0.3, 0.4) is 0 Å². The van der Waals surface area contributed by atoms with Crippen LogP contribution in [0.1, 0.15) is 20.8 Å². The highest BCUT2D eigenvalue weighted by atomic mass is 35.5. The predicted octanol–water partition coefficient (Wildman–Crippen LogP) is 5.47. The van der Waals surface area contributed by atoms with Crippen molar-refractivity contribution in [2.75, 3.05) is 5.32 Å². The monoisotopic (exact) mass is 356 g/mol. The van der Waals surface area contributed by atoms with Crippen molar-refractivity contribution in [3.05, 3.63) is 47.1 Å². The van der Waals surface area contributed by atoms with E-state index in [0.29, 0.717) is 5.15 Å². The Morgan fingerprint density at radius 2 is 1.96 bits per heavy atom. The van der Waals surface area contributed by atoms with E-state index in [9.17, 15) is 0 Å². The molecule has 0 unspecified atom stereocenters. The second kappa shape index (κ2) is 5.46. The van der Waals surface area contributed by atoms with Crippen LogP contribution in [-0.4, -0.2) is 19.9 Å². The first-order valence-electron chi connectivity index (χ1n) is 7.72. The fourth-order valence-corrected chi connectivity index (χ4v) is 3.66. The van der Waals surface area contributed by atoms with Crippen LogP contribution in [0, 0.1) is 0 Å². The molecule has 4 nitrogen and oxygen atoms in total. The van der Waals surface area contributed by atoms with Gasteiger partial charge in [0.15, 0.2) is 4.96 Å². The molecule has 0 fully saturated rings. The van der Waals surface area contributed by atoms with Gasteiger partial charge in [0.2, 0.25) is 0 Å². The molecule has 4 rings (SSSR count). The van der Waals surface area contributed by atoms with Gasteiger partial charge in [0.1, 0.15) is 16.7 Å². The summed E-state index contributed by atoms with van der Waals surface area (Å²) in [5, 5.41) is 7.10. The summed E-state index contributed by atoms with van der Waals surface area (Å²) in [6.45, 7) is 6.38. The molecule has 3 heterocycles. The predicted molar refractivity (Wildman–Crippen MR) is 102 cm³/mol. The number of aromatic nitrogens is 3. The Hall–Kier alpha value is -2.11. The van der Waals surface area contributed by atoms with Crippen LogP contribution in [0.4, 0.5) is 5.82 Å². The van der Waals surface area contributed by atoms with Crippen LogP contribution < -0.4 is 5.32 Å². The van der Waals surface area contributed by atoms with Gasteiger partial charge in [0, 0.05) is 28.1 Å². The van der Waals surface area contributed by atoms with E-state index in [4.69, 9.17) is 16.6 Å². The van der Waals surface area contributed by atoms with E-state index < -0.39 is 0 Å². The van der Waals surface area contributed by atoms with Gasteiger partial charge in [-0.2, -0.15) is 0 Å². The number of benzene rings is 1. The number of thiazole rings is 1. The first-order valence-corrected chi connectivity index (χ1v) is 8.97. The lowest BCUT2D eigenvalue weighted by atomic mass is 10.1. The molecule has 122 valence electrons. The van der Waals surface area contributed by atoms with Crippen LogP contribution in [0.5, 0.6) is 0 Å². The molecule has 3 aromatic heterocycles. The summed E-state index contributed by atoms with van der Waals surface area (Å²) in [7, 11) is 0. The summed E-state index contributed by atoms with van der Waals surface area (Å²) in [4.78, 5) is 10.3. The van der Waals surface area contributed by atoms with Gasteiger partial charge in [-0.3, -0.25) is 4.40 Å². The second-order valence-corrected chi connectivity index (χ2v) is 7.99. The second-order valence-electron chi connectivity index (χ2n) is 6.76. The van der Waals surface area contributed by atoms with Crippen molar-refractivity contribution in [2.24, 2.45) is 0 Å². The highest BCUT2D eigenvalue weighted by Gasteiger charge is 2.22. The molecule has 0 aliphatic rings. The van der Waals surface area contributed by atoms with Gasteiger partial charge in [0.25, 0.3) is 0 Å². The summed E-state index contributed by atoms with van der Waals surface area (Å²) in [6.07, 6.45) is 2.02. The van der Waals surface area contributed by atoms with E-state index in [2.05, 4.69) is 41.5 Å². The van der Waals surface area contributed by atoms with Crippen molar-refractivity contribution in [1.82, 2.24) is 14.4 Å². The first-order chi connectivity index (χ1) is 11.4. The largest absolute Gasteiger partial charge is 0.365 e. The van der Waals surface area contributed by atoms with Crippen LogP contribution >= 0.6 is 22.9 Å². The third-order valence-corrected chi connectivity index (χ3v) is 4.73. The zero-order chi connectivity index (χ0) is 16.9. The summed E-state index contributed by atoms with van der Waals surface area (Å²) in [5.41, 5.74) is 2.47. The van der Waals surface area contributed by atoms with Gasteiger partial charge >= 0.3 is 0 Å². The van der Waals surface area contributed by atoms with Gasteiger partial charge < -0.3 is 5.32 Å². The number of halogens is 1. The number of hydrogen-bond donors (Lipinski definition) is 1. The number of pyridine rings is 1. The van der Waals surface area contributed by atoms with Crippen molar-refractivity contribution in [2.45, 2.75) is 26.3 Å².